The molecule has 0 bridgehead atoms. The van der Waals surface area contributed by atoms with Crippen LogP contribution in [0.3, 0.4) is 0 Å². The average molecular weight is 282 g/mol. The second kappa shape index (κ2) is 6.53. The summed E-state index contributed by atoms with van der Waals surface area (Å²) in [6, 6.07) is 5.19. The molecule has 0 aliphatic heterocycles. The number of rotatable bonds is 4. The molecular formula is C14H22N2S2. The summed E-state index contributed by atoms with van der Waals surface area (Å²) in [5.74, 6) is 0.534. The summed E-state index contributed by atoms with van der Waals surface area (Å²) in [6.45, 7) is 4.46. The van der Waals surface area contributed by atoms with Crippen molar-refractivity contribution in [2.75, 3.05) is 0 Å². The van der Waals surface area contributed by atoms with Gasteiger partial charge in [0, 0.05) is 10.9 Å². The Morgan fingerprint density at radius 2 is 2.11 bits per heavy atom. The van der Waals surface area contributed by atoms with Crippen LogP contribution in [-0.4, -0.2) is 11.2 Å². The van der Waals surface area contributed by atoms with E-state index in [9.17, 15) is 0 Å². The van der Waals surface area contributed by atoms with Gasteiger partial charge in [0.1, 0.15) is 0 Å². The van der Waals surface area contributed by atoms with Gasteiger partial charge in [-0.3, -0.25) is 0 Å². The third kappa shape index (κ3) is 3.69. The van der Waals surface area contributed by atoms with Gasteiger partial charge in [-0.15, -0.1) is 11.3 Å². The molecule has 1 unspecified atom stereocenters. The summed E-state index contributed by atoms with van der Waals surface area (Å²) in [5.41, 5.74) is 0. The number of nitrogens with one attached hydrogen (secondary N) is 2. The van der Waals surface area contributed by atoms with Crippen LogP contribution in [0.15, 0.2) is 17.5 Å². The van der Waals surface area contributed by atoms with Crippen LogP contribution in [0.4, 0.5) is 0 Å². The van der Waals surface area contributed by atoms with Crippen molar-refractivity contribution >= 4 is 28.7 Å². The third-order valence-electron chi connectivity index (χ3n) is 3.49. The molecule has 1 heterocycles. The first-order valence-corrected chi connectivity index (χ1v) is 8.06. The first kappa shape index (κ1) is 13.8. The van der Waals surface area contributed by atoms with E-state index in [-0.39, 0.29) is 0 Å². The van der Waals surface area contributed by atoms with Crippen LogP contribution in [0.2, 0.25) is 0 Å². The van der Waals surface area contributed by atoms with Gasteiger partial charge in [-0.2, -0.15) is 0 Å². The molecular weight excluding hydrogens is 260 g/mol. The highest BCUT2D eigenvalue weighted by molar-refractivity contribution is 7.80. The Morgan fingerprint density at radius 3 is 2.67 bits per heavy atom. The quantitative estimate of drug-likeness (QED) is 0.820. The SMILES string of the molecule is CC(C)C(NC(=S)NC1CCCC1)c1cccs1. The van der Waals surface area contributed by atoms with Gasteiger partial charge < -0.3 is 10.6 Å². The van der Waals surface area contributed by atoms with Crippen LogP contribution >= 0.6 is 23.6 Å². The molecule has 0 saturated heterocycles. The summed E-state index contributed by atoms with van der Waals surface area (Å²) < 4.78 is 0. The maximum atomic E-state index is 5.44. The normalized spacial score (nSPS) is 17.9. The number of thiocarbonyl (C=S) groups is 1. The maximum absolute atomic E-state index is 5.44. The minimum absolute atomic E-state index is 0.325. The molecule has 100 valence electrons. The van der Waals surface area contributed by atoms with Gasteiger partial charge in [0.05, 0.1) is 6.04 Å². The third-order valence-corrected chi connectivity index (χ3v) is 4.68. The van der Waals surface area contributed by atoms with Crippen molar-refractivity contribution in [1.29, 1.82) is 0 Å². The van der Waals surface area contributed by atoms with Crippen molar-refractivity contribution in [1.82, 2.24) is 10.6 Å². The molecule has 2 rings (SSSR count). The first-order chi connectivity index (χ1) is 8.66. The largest absolute Gasteiger partial charge is 0.360 e. The Bertz CT molecular complexity index is 367. The lowest BCUT2D eigenvalue weighted by Crippen LogP contribution is -2.43. The Hall–Kier alpha value is -0.610. The highest BCUT2D eigenvalue weighted by Gasteiger charge is 2.20. The monoisotopic (exact) mass is 282 g/mol. The minimum atomic E-state index is 0.325. The molecule has 1 aromatic rings. The summed E-state index contributed by atoms with van der Waals surface area (Å²) in [7, 11) is 0. The van der Waals surface area contributed by atoms with Crippen molar-refractivity contribution in [3.05, 3.63) is 22.4 Å². The van der Waals surface area contributed by atoms with E-state index >= 15 is 0 Å². The van der Waals surface area contributed by atoms with Crippen molar-refractivity contribution in [2.24, 2.45) is 5.92 Å². The number of thiophene rings is 1. The lowest BCUT2D eigenvalue weighted by Gasteiger charge is -2.25. The van der Waals surface area contributed by atoms with Crippen LogP contribution in [0, 0.1) is 5.92 Å². The first-order valence-electron chi connectivity index (χ1n) is 6.77. The Balaban J connectivity index is 1.90. The summed E-state index contributed by atoms with van der Waals surface area (Å²) >= 11 is 7.24. The topological polar surface area (TPSA) is 24.1 Å². The Morgan fingerprint density at radius 1 is 1.39 bits per heavy atom. The van der Waals surface area contributed by atoms with E-state index in [0.29, 0.717) is 18.0 Å². The smallest absolute Gasteiger partial charge is 0.167 e. The number of hydrogen-bond acceptors (Lipinski definition) is 2. The molecule has 2 N–H and O–H groups in total. The molecule has 0 spiro atoms. The van der Waals surface area contributed by atoms with Gasteiger partial charge in [-0.25, -0.2) is 0 Å². The van der Waals surface area contributed by atoms with Gasteiger partial charge in [0.2, 0.25) is 0 Å². The highest BCUT2D eigenvalue weighted by atomic mass is 32.1. The Labute approximate surface area is 119 Å². The predicted molar refractivity (Wildman–Crippen MR) is 83.0 cm³/mol. The van der Waals surface area contributed by atoms with Crippen LogP contribution < -0.4 is 10.6 Å². The zero-order valence-electron chi connectivity index (χ0n) is 11.1. The molecule has 0 aromatic carbocycles. The van der Waals surface area contributed by atoms with E-state index in [1.165, 1.54) is 30.6 Å². The second-order valence-corrected chi connectivity index (χ2v) is 6.72. The molecule has 1 aliphatic rings. The predicted octanol–water partition coefficient (Wildman–Crippen LogP) is 3.85. The molecule has 1 aromatic heterocycles. The van der Waals surface area contributed by atoms with Gasteiger partial charge in [-0.05, 0) is 42.4 Å². The highest BCUT2D eigenvalue weighted by Crippen LogP contribution is 2.26. The molecule has 2 nitrogen and oxygen atoms in total. The molecule has 18 heavy (non-hydrogen) atoms. The lowest BCUT2D eigenvalue weighted by atomic mass is 10.0. The van der Waals surface area contributed by atoms with E-state index in [1.54, 1.807) is 11.3 Å². The van der Waals surface area contributed by atoms with Gasteiger partial charge in [0.15, 0.2) is 5.11 Å². The number of hydrogen-bond donors (Lipinski definition) is 2. The van der Waals surface area contributed by atoms with Crippen LogP contribution in [-0.2, 0) is 0 Å². The molecule has 1 aliphatic carbocycles. The van der Waals surface area contributed by atoms with E-state index in [2.05, 4.69) is 42.0 Å². The summed E-state index contributed by atoms with van der Waals surface area (Å²) in [6.07, 6.45) is 5.18. The standard InChI is InChI=1S/C14H22N2S2/c1-10(2)13(12-8-5-9-18-12)16-14(17)15-11-6-3-4-7-11/h5,8-11,13H,3-4,6-7H2,1-2H3,(H2,15,16,17). The van der Waals surface area contributed by atoms with Gasteiger partial charge in [0.25, 0.3) is 0 Å². The van der Waals surface area contributed by atoms with Crippen LogP contribution in [0.25, 0.3) is 0 Å². The van der Waals surface area contributed by atoms with Gasteiger partial charge >= 0.3 is 0 Å². The minimum Gasteiger partial charge on any atom is -0.360 e. The second-order valence-electron chi connectivity index (χ2n) is 5.34. The van der Waals surface area contributed by atoms with Crippen molar-refractivity contribution in [3.8, 4) is 0 Å². The summed E-state index contributed by atoms with van der Waals surface area (Å²) in [5, 5.41) is 9.87. The average Bonchev–Trinajstić information content (AvgIpc) is 2.97. The van der Waals surface area contributed by atoms with E-state index in [4.69, 9.17) is 12.2 Å². The van der Waals surface area contributed by atoms with E-state index in [1.807, 2.05) is 0 Å². The lowest BCUT2D eigenvalue weighted by molar-refractivity contribution is 0.470. The molecule has 0 amide bonds. The molecule has 1 atom stereocenters. The fraction of sp³-hybridized carbons (Fsp3) is 0.643. The van der Waals surface area contributed by atoms with Crippen LogP contribution in [0.1, 0.15) is 50.4 Å². The van der Waals surface area contributed by atoms with E-state index < -0.39 is 0 Å². The molecule has 4 heteroatoms. The molecule has 0 radical (unpaired) electrons. The fourth-order valence-corrected chi connectivity index (χ4v) is 3.72. The molecule has 1 saturated carbocycles. The van der Waals surface area contributed by atoms with Crippen LogP contribution in [0.5, 0.6) is 0 Å². The van der Waals surface area contributed by atoms with Crippen molar-refractivity contribution in [2.45, 2.75) is 51.6 Å². The zero-order valence-corrected chi connectivity index (χ0v) is 12.7. The fourth-order valence-electron chi connectivity index (χ4n) is 2.47. The maximum Gasteiger partial charge on any atom is 0.167 e. The van der Waals surface area contributed by atoms with Crippen molar-refractivity contribution < 1.29 is 0 Å². The van der Waals surface area contributed by atoms with E-state index in [0.717, 1.165) is 5.11 Å². The summed E-state index contributed by atoms with van der Waals surface area (Å²) in [4.78, 5) is 1.36. The molecule has 1 fully saturated rings. The van der Waals surface area contributed by atoms with Gasteiger partial charge in [-0.1, -0.05) is 32.8 Å². The van der Waals surface area contributed by atoms with Crippen molar-refractivity contribution in [3.63, 3.8) is 0 Å². The Kier molecular flexibility index (Phi) is 5.01. The zero-order chi connectivity index (χ0) is 13.0.